The molecule has 3 rings (SSSR count). The number of thioether (sulfide) groups is 1. The molecule has 0 saturated heterocycles. The molecule has 8 nitrogen and oxygen atoms in total. The molecule has 146 valence electrons. The van der Waals surface area contributed by atoms with Crippen molar-refractivity contribution in [3.8, 4) is 11.8 Å². The van der Waals surface area contributed by atoms with Crippen LogP contribution in [0.4, 0.5) is 0 Å². The molecule has 1 amide bonds. The van der Waals surface area contributed by atoms with Crippen molar-refractivity contribution in [3.05, 3.63) is 71.5 Å². The second-order valence-corrected chi connectivity index (χ2v) is 6.87. The van der Waals surface area contributed by atoms with Crippen LogP contribution in [0.2, 0.25) is 0 Å². The van der Waals surface area contributed by atoms with Crippen molar-refractivity contribution in [1.82, 2.24) is 20.2 Å². The second-order valence-electron chi connectivity index (χ2n) is 5.92. The van der Waals surface area contributed by atoms with Crippen LogP contribution in [0.3, 0.4) is 0 Å². The molecule has 2 aromatic carbocycles. The average Bonchev–Trinajstić information content (AvgIpc) is 3.16. The van der Waals surface area contributed by atoms with Gasteiger partial charge in [0.05, 0.1) is 6.21 Å². The van der Waals surface area contributed by atoms with Crippen molar-refractivity contribution in [1.29, 1.82) is 5.26 Å². The fraction of sp³-hybridized carbons (Fsp3) is 0.150. The van der Waals surface area contributed by atoms with E-state index in [0.29, 0.717) is 11.3 Å². The van der Waals surface area contributed by atoms with Gasteiger partial charge in [-0.25, -0.2) is 5.43 Å². The third kappa shape index (κ3) is 5.92. The number of nitrogens with zero attached hydrogens (tertiary/aromatic N) is 5. The average molecular weight is 406 g/mol. The minimum Gasteiger partial charge on any atom is -0.479 e. The lowest BCUT2D eigenvalue weighted by atomic mass is 10.1. The van der Waals surface area contributed by atoms with Gasteiger partial charge in [0, 0.05) is 18.4 Å². The lowest BCUT2D eigenvalue weighted by molar-refractivity contribution is 0.0955. The van der Waals surface area contributed by atoms with Crippen LogP contribution in [0.1, 0.15) is 21.5 Å². The van der Waals surface area contributed by atoms with Gasteiger partial charge in [0.2, 0.25) is 0 Å². The van der Waals surface area contributed by atoms with Crippen molar-refractivity contribution in [2.75, 3.05) is 6.61 Å². The minimum atomic E-state index is -0.289. The van der Waals surface area contributed by atoms with Gasteiger partial charge in [0.25, 0.3) is 5.91 Å². The normalized spacial score (nSPS) is 10.6. The molecule has 1 aromatic heterocycles. The quantitative estimate of drug-likeness (QED) is 0.350. The van der Waals surface area contributed by atoms with Gasteiger partial charge < -0.3 is 9.30 Å². The molecule has 0 fully saturated rings. The van der Waals surface area contributed by atoms with E-state index < -0.39 is 0 Å². The fourth-order valence-corrected chi connectivity index (χ4v) is 3.14. The SMILES string of the molecule is Cn1cnnc1SCc1ccc(C(=O)N/N=C\c2ccc(OCC#N)cc2)cc1. The summed E-state index contributed by atoms with van der Waals surface area (Å²) in [7, 11) is 1.90. The molecule has 1 N–H and O–H groups in total. The number of ether oxygens (including phenoxy) is 1. The van der Waals surface area contributed by atoms with E-state index in [4.69, 9.17) is 10.00 Å². The molecule has 0 unspecified atom stereocenters. The molecule has 0 spiro atoms. The van der Waals surface area contributed by atoms with Crippen LogP contribution in [-0.2, 0) is 12.8 Å². The van der Waals surface area contributed by atoms with Crippen molar-refractivity contribution in [2.45, 2.75) is 10.9 Å². The van der Waals surface area contributed by atoms with Gasteiger partial charge in [-0.2, -0.15) is 10.4 Å². The number of carbonyl (C=O) groups is 1. The summed E-state index contributed by atoms with van der Waals surface area (Å²) >= 11 is 1.58. The number of hydrazone groups is 1. The molecule has 1 heterocycles. The summed E-state index contributed by atoms with van der Waals surface area (Å²) in [4.78, 5) is 12.2. The lowest BCUT2D eigenvalue weighted by Gasteiger charge is -2.04. The Hall–Kier alpha value is -3.64. The highest BCUT2D eigenvalue weighted by molar-refractivity contribution is 7.98. The predicted molar refractivity (Wildman–Crippen MR) is 110 cm³/mol. The number of aryl methyl sites for hydroxylation is 1. The number of benzene rings is 2. The molecule has 9 heteroatoms. The first-order valence-electron chi connectivity index (χ1n) is 8.64. The summed E-state index contributed by atoms with van der Waals surface area (Å²) in [6.45, 7) is 0.00118. The van der Waals surface area contributed by atoms with Gasteiger partial charge in [0.15, 0.2) is 11.8 Å². The van der Waals surface area contributed by atoms with Crippen LogP contribution in [0, 0.1) is 11.3 Å². The zero-order valence-electron chi connectivity index (χ0n) is 15.6. The number of nitriles is 1. The number of hydrogen-bond donors (Lipinski definition) is 1. The van der Waals surface area contributed by atoms with Gasteiger partial charge >= 0.3 is 0 Å². The summed E-state index contributed by atoms with van der Waals surface area (Å²) in [6.07, 6.45) is 3.20. The molecule has 29 heavy (non-hydrogen) atoms. The molecular formula is C20H18N6O2S. The molecule has 0 aliphatic carbocycles. The van der Waals surface area contributed by atoms with E-state index in [1.54, 1.807) is 54.5 Å². The summed E-state index contributed by atoms with van der Waals surface area (Å²) in [6, 6.07) is 16.3. The van der Waals surface area contributed by atoms with Crippen LogP contribution in [0.25, 0.3) is 0 Å². The van der Waals surface area contributed by atoms with Crippen LogP contribution < -0.4 is 10.2 Å². The maximum atomic E-state index is 12.2. The van der Waals surface area contributed by atoms with Gasteiger partial charge in [-0.05, 0) is 47.5 Å². The third-order valence-corrected chi connectivity index (χ3v) is 4.92. The summed E-state index contributed by atoms with van der Waals surface area (Å²) in [5.74, 6) is 1.05. The van der Waals surface area contributed by atoms with Gasteiger partial charge in [-0.3, -0.25) is 4.79 Å². The first kappa shape index (κ1) is 20.1. The van der Waals surface area contributed by atoms with Crippen molar-refractivity contribution < 1.29 is 9.53 Å². The number of hydrogen-bond acceptors (Lipinski definition) is 7. The Morgan fingerprint density at radius 3 is 2.69 bits per heavy atom. The Morgan fingerprint density at radius 2 is 2.03 bits per heavy atom. The van der Waals surface area contributed by atoms with Crippen LogP contribution in [-0.4, -0.2) is 33.5 Å². The summed E-state index contributed by atoms with van der Waals surface area (Å²) in [5.41, 5.74) is 4.91. The molecule has 0 aliphatic heterocycles. The standard InChI is InChI=1S/C20H18N6O2S/c1-26-14-23-25-20(26)29-13-16-2-6-17(7-3-16)19(27)24-22-12-15-4-8-18(9-5-15)28-11-10-21/h2-9,12,14H,11,13H2,1H3,(H,24,27)/b22-12-. The van der Waals surface area contributed by atoms with E-state index in [-0.39, 0.29) is 12.5 Å². The number of amides is 1. The monoisotopic (exact) mass is 406 g/mol. The van der Waals surface area contributed by atoms with E-state index in [2.05, 4.69) is 20.7 Å². The smallest absolute Gasteiger partial charge is 0.271 e. The highest BCUT2D eigenvalue weighted by Crippen LogP contribution is 2.20. The topological polar surface area (TPSA) is 105 Å². The molecule has 0 atom stereocenters. The van der Waals surface area contributed by atoms with Crippen LogP contribution >= 0.6 is 11.8 Å². The van der Waals surface area contributed by atoms with E-state index in [1.807, 2.05) is 29.8 Å². The fourth-order valence-electron chi connectivity index (χ4n) is 2.30. The summed E-state index contributed by atoms with van der Waals surface area (Å²) < 4.78 is 7.04. The lowest BCUT2D eigenvalue weighted by Crippen LogP contribution is -2.17. The molecule has 0 aliphatic rings. The first-order chi connectivity index (χ1) is 14.2. The van der Waals surface area contributed by atoms with Gasteiger partial charge in [-0.15, -0.1) is 10.2 Å². The van der Waals surface area contributed by atoms with Crippen molar-refractivity contribution in [3.63, 3.8) is 0 Å². The Bertz CT molecular complexity index is 1020. The molecule has 0 radical (unpaired) electrons. The van der Waals surface area contributed by atoms with E-state index in [0.717, 1.165) is 22.0 Å². The maximum absolute atomic E-state index is 12.2. The number of rotatable bonds is 8. The molecule has 3 aromatic rings. The van der Waals surface area contributed by atoms with Crippen LogP contribution in [0.5, 0.6) is 5.75 Å². The number of nitrogens with one attached hydrogen (secondary N) is 1. The second kappa shape index (κ2) is 10.1. The Labute approximate surface area is 172 Å². The van der Waals surface area contributed by atoms with Crippen LogP contribution in [0.15, 0.2) is 65.1 Å². The van der Waals surface area contributed by atoms with Crippen molar-refractivity contribution in [2.24, 2.45) is 12.1 Å². The molecule has 0 saturated carbocycles. The number of aromatic nitrogens is 3. The van der Waals surface area contributed by atoms with Crippen molar-refractivity contribution >= 4 is 23.9 Å². The first-order valence-corrected chi connectivity index (χ1v) is 9.63. The minimum absolute atomic E-state index is 0.00118. The Morgan fingerprint density at radius 1 is 1.28 bits per heavy atom. The largest absolute Gasteiger partial charge is 0.479 e. The van der Waals surface area contributed by atoms with E-state index in [1.165, 1.54) is 6.21 Å². The highest BCUT2D eigenvalue weighted by atomic mass is 32.2. The van der Waals surface area contributed by atoms with Gasteiger partial charge in [0.1, 0.15) is 18.1 Å². The Balaban J connectivity index is 1.49. The van der Waals surface area contributed by atoms with E-state index >= 15 is 0 Å². The summed E-state index contributed by atoms with van der Waals surface area (Å²) in [5, 5.41) is 21.2. The predicted octanol–water partition coefficient (Wildman–Crippen LogP) is 2.77. The maximum Gasteiger partial charge on any atom is 0.271 e. The third-order valence-electron chi connectivity index (χ3n) is 3.82. The molecule has 0 bridgehead atoms. The zero-order chi connectivity index (χ0) is 20.5. The molecular weight excluding hydrogens is 388 g/mol. The Kier molecular flexibility index (Phi) is 6.97. The highest BCUT2D eigenvalue weighted by Gasteiger charge is 2.06. The zero-order valence-corrected chi connectivity index (χ0v) is 16.5. The van der Waals surface area contributed by atoms with Gasteiger partial charge in [-0.1, -0.05) is 23.9 Å². The number of carbonyl (C=O) groups excluding carboxylic acids is 1. The van der Waals surface area contributed by atoms with E-state index in [9.17, 15) is 4.79 Å².